The Morgan fingerprint density at radius 2 is 1.79 bits per heavy atom. The van der Waals surface area contributed by atoms with Crippen molar-refractivity contribution in [1.82, 2.24) is 9.55 Å². The van der Waals surface area contributed by atoms with Gasteiger partial charge in [0.15, 0.2) is 5.69 Å². The summed E-state index contributed by atoms with van der Waals surface area (Å²) in [7, 11) is 0. The highest BCUT2D eigenvalue weighted by molar-refractivity contribution is 6.30. The standard InChI is InChI=1S/C20H27ClN4O3/c1-3-5-11-24(16(26)13-14-7-9-15(21)10-8-14)17-18(22)25(12-6-4-2)20(28)23-19(17)27/h7-10H,3-6,11-13,22H2,1-2H3,(H,23,27,28). The normalized spacial score (nSPS) is 10.8. The van der Waals surface area contributed by atoms with Crippen molar-refractivity contribution in [2.24, 2.45) is 0 Å². The van der Waals surface area contributed by atoms with Gasteiger partial charge < -0.3 is 10.6 Å². The number of nitrogens with zero attached hydrogens (tertiary/aromatic N) is 2. The zero-order valence-corrected chi connectivity index (χ0v) is 17.1. The molecule has 2 aromatic rings. The lowest BCUT2D eigenvalue weighted by molar-refractivity contribution is -0.118. The van der Waals surface area contributed by atoms with Crippen molar-refractivity contribution in [2.75, 3.05) is 17.2 Å². The smallest absolute Gasteiger partial charge is 0.330 e. The third kappa shape index (κ3) is 5.25. The Bertz CT molecular complexity index is 919. The highest BCUT2D eigenvalue weighted by Crippen LogP contribution is 2.20. The Balaban J connectivity index is 2.43. The van der Waals surface area contributed by atoms with Crippen LogP contribution in [0.3, 0.4) is 0 Å². The highest BCUT2D eigenvalue weighted by atomic mass is 35.5. The number of unbranched alkanes of at least 4 members (excludes halogenated alkanes) is 2. The number of amides is 1. The molecule has 0 fully saturated rings. The summed E-state index contributed by atoms with van der Waals surface area (Å²) in [4.78, 5) is 41.4. The van der Waals surface area contributed by atoms with Gasteiger partial charge in [0.25, 0.3) is 5.56 Å². The van der Waals surface area contributed by atoms with E-state index in [0.29, 0.717) is 24.5 Å². The molecule has 1 aromatic heterocycles. The summed E-state index contributed by atoms with van der Waals surface area (Å²) < 4.78 is 1.33. The summed E-state index contributed by atoms with van der Waals surface area (Å²) in [6, 6.07) is 6.97. The molecule has 152 valence electrons. The van der Waals surface area contributed by atoms with Gasteiger partial charge in [-0.2, -0.15) is 0 Å². The van der Waals surface area contributed by atoms with Crippen LogP contribution < -0.4 is 21.9 Å². The molecule has 1 heterocycles. The van der Waals surface area contributed by atoms with Gasteiger partial charge in [-0.1, -0.05) is 50.4 Å². The quantitative estimate of drug-likeness (QED) is 0.668. The number of nitrogens with one attached hydrogen (secondary N) is 1. The Morgan fingerprint density at radius 1 is 1.14 bits per heavy atom. The van der Waals surface area contributed by atoms with Crippen LogP contribution in [0, 0.1) is 0 Å². The fourth-order valence-corrected chi connectivity index (χ4v) is 3.05. The van der Waals surface area contributed by atoms with E-state index in [1.54, 1.807) is 24.3 Å². The van der Waals surface area contributed by atoms with Crippen LogP contribution in [0.5, 0.6) is 0 Å². The van der Waals surface area contributed by atoms with Crippen molar-refractivity contribution in [3.05, 3.63) is 55.7 Å². The molecule has 0 saturated carbocycles. The number of hydrogen-bond donors (Lipinski definition) is 2. The van der Waals surface area contributed by atoms with Gasteiger partial charge in [0.2, 0.25) is 5.91 Å². The lowest BCUT2D eigenvalue weighted by atomic mass is 10.1. The molecule has 0 unspecified atom stereocenters. The third-order valence-electron chi connectivity index (χ3n) is 4.52. The van der Waals surface area contributed by atoms with Crippen LogP contribution >= 0.6 is 11.6 Å². The van der Waals surface area contributed by atoms with E-state index in [1.165, 1.54) is 9.47 Å². The minimum Gasteiger partial charge on any atom is -0.383 e. The van der Waals surface area contributed by atoms with E-state index in [1.807, 2.05) is 13.8 Å². The molecule has 0 aliphatic heterocycles. The predicted molar refractivity (Wildman–Crippen MR) is 113 cm³/mol. The lowest BCUT2D eigenvalue weighted by Crippen LogP contribution is -2.42. The fourth-order valence-electron chi connectivity index (χ4n) is 2.93. The second-order valence-corrected chi connectivity index (χ2v) is 7.14. The molecule has 0 radical (unpaired) electrons. The second-order valence-electron chi connectivity index (χ2n) is 6.70. The van der Waals surface area contributed by atoms with E-state index in [0.717, 1.165) is 24.8 Å². The van der Waals surface area contributed by atoms with Crippen LogP contribution in [0.2, 0.25) is 5.02 Å². The van der Waals surface area contributed by atoms with Gasteiger partial charge in [0.05, 0.1) is 6.42 Å². The molecule has 0 saturated heterocycles. The Morgan fingerprint density at radius 3 is 2.39 bits per heavy atom. The summed E-state index contributed by atoms with van der Waals surface area (Å²) in [5.41, 5.74) is 5.81. The van der Waals surface area contributed by atoms with E-state index in [4.69, 9.17) is 17.3 Å². The van der Waals surface area contributed by atoms with Gasteiger partial charge in [0, 0.05) is 18.1 Å². The molecule has 3 N–H and O–H groups in total. The van der Waals surface area contributed by atoms with Crippen LogP contribution in [0.25, 0.3) is 0 Å². The number of hydrogen-bond acceptors (Lipinski definition) is 4. The van der Waals surface area contributed by atoms with Crippen LogP contribution in [0.4, 0.5) is 11.5 Å². The minimum atomic E-state index is -0.643. The van der Waals surface area contributed by atoms with Crippen molar-refractivity contribution >= 4 is 29.0 Å². The fraction of sp³-hybridized carbons (Fsp3) is 0.450. The number of aromatic nitrogens is 2. The van der Waals surface area contributed by atoms with Gasteiger partial charge in [-0.15, -0.1) is 0 Å². The lowest BCUT2D eigenvalue weighted by Gasteiger charge is -2.24. The van der Waals surface area contributed by atoms with E-state index < -0.39 is 11.2 Å². The molecule has 28 heavy (non-hydrogen) atoms. The first kappa shape index (κ1) is 21.8. The van der Waals surface area contributed by atoms with Crippen LogP contribution in [-0.2, 0) is 17.8 Å². The van der Waals surface area contributed by atoms with Crippen molar-refractivity contribution < 1.29 is 4.79 Å². The van der Waals surface area contributed by atoms with Gasteiger partial charge in [0.1, 0.15) is 5.82 Å². The molecule has 1 amide bonds. The number of rotatable bonds is 9. The topological polar surface area (TPSA) is 101 Å². The van der Waals surface area contributed by atoms with Gasteiger partial charge >= 0.3 is 5.69 Å². The zero-order valence-electron chi connectivity index (χ0n) is 16.3. The number of aromatic amines is 1. The number of benzene rings is 1. The SMILES string of the molecule is CCCCN(C(=O)Cc1ccc(Cl)cc1)c1c(N)n(CCCC)c(=O)[nH]c1=O. The summed E-state index contributed by atoms with van der Waals surface area (Å²) in [6.07, 6.45) is 3.27. The maximum atomic E-state index is 13.0. The molecule has 8 heteroatoms. The second kappa shape index (κ2) is 10.1. The van der Waals surface area contributed by atoms with E-state index in [9.17, 15) is 14.4 Å². The van der Waals surface area contributed by atoms with Crippen LogP contribution in [-0.4, -0.2) is 22.0 Å². The number of carbonyl (C=O) groups excluding carboxylic acids is 1. The van der Waals surface area contributed by atoms with Crippen molar-refractivity contribution in [1.29, 1.82) is 0 Å². The number of anilines is 2. The number of carbonyl (C=O) groups is 1. The Kier molecular flexibility index (Phi) is 7.87. The molecule has 7 nitrogen and oxygen atoms in total. The number of H-pyrrole nitrogens is 1. The van der Waals surface area contributed by atoms with E-state index >= 15 is 0 Å². The summed E-state index contributed by atoms with van der Waals surface area (Å²) in [5, 5.41) is 0.586. The largest absolute Gasteiger partial charge is 0.383 e. The molecule has 0 atom stereocenters. The Hall–Kier alpha value is -2.54. The molecular formula is C20H27ClN4O3. The average molecular weight is 407 g/mol. The number of nitrogen functional groups attached to an aromatic ring is 1. The predicted octanol–water partition coefficient (Wildman–Crippen LogP) is 2.95. The summed E-state index contributed by atoms with van der Waals surface area (Å²) in [6.45, 7) is 4.73. The third-order valence-corrected chi connectivity index (χ3v) is 4.78. The van der Waals surface area contributed by atoms with Crippen LogP contribution in [0.1, 0.15) is 45.1 Å². The minimum absolute atomic E-state index is 0.0303. The average Bonchev–Trinajstić information content (AvgIpc) is 2.65. The monoisotopic (exact) mass is 406 g/mol. The molecular weight excluding hydrogens is 380 g/mol. The first-order valence-electron chi connectivity index (χ1n) is 9.56. The maximum absolute atomic E-state index is 13.0. The molecule has 0 spiro atoms. The van der Waals surface area contributed by atoms with E-state index in [2.05, 4.69) is 4.98 Å². The first-order chi connectivity index (χ1) is 13.4. The van der Waals surface area contributed by atoms with Gasteiger partial charge in [-0.25, -0.2) is 4.79 Å². The highest BCUT2D eigenvalue weighted by Gasteiger charge is 2.24. The molecule has 0 aliphatic rings. The summed E-state index contributed by atoms with van der Waals surface area (Å²) in [5.74, 6) is -0.226. The van der Waals surface area contributed by atoms with Gasteiger partial charge in [-0.3, -0.25) is 19.1 Å². The van der Waals surface area contributed by atoms with Crippen molar-refractivity contribution in [2.45, 2.75) is 52.5 Å². The molecule has 2 rings (SSSR count). The molecule has 0 bridgehead atoms. The molecule has 0 aliphatic carbocycles. The Labute approximate surface area is 169 Å². The number of halogens is 1. The first-order valence-corrected chi connectivity index (χ1v) is 9.94. The summed E-state index contributed by atoms with van der Waals surface area (Å²) >= 11 is 5.90. The van der Waals surface area contributed by atoms with E-state index in [-0.39, 0.29) is 23.8 Å². The van der Waals surface area contributed by atoms with Crippen molar-refractivity contribution in [3.63, 3.8) is 0 Å². The van der Waals surface area contributed by atoms with Gasteiger partial charge in [-0.05, 0) is 30.5 Å². The van der Waals surface area contributed by atoms with Crippen molar-refractivity contribution in [3.8, 4) is 0 Å². The molecule has 1 aromatic carbocycles. The zero-order chi connectivity index (χ0) is 20.7. The number of nitrogens with two attached hydrogens (primary N) is 1. The van der Waals surface area contributed by atoms with Crippen LogP contribution in [0.15, 0.2) is 33.9 Å². The maximum Gasteiger partial charge on any atom is 0.330 e.